The zero-order valence-corrected chi connectivity index (χ0v) is 16.9. The number of nitriles is 1. The van der Waals surface area contributed by atoms with E-state index in [1.54, 1.807) is 35.0 Å². The summed E-state index contributed by atoms with van der Waals surface area (Å²) < 4.78 is 1.72. The Kier molecular flexibility index (Phi) is 6.67. The van der Waals surface area contributed by atoms with Crippen molar-refractivity contribution in [3.63, 3.8) is 0 Å². The normalized spacial score (nSPS) is 11.1. The van der Waals surface area contributed by atoms with Crippen LogP contribution in [-0.4, -0.2) is 25.6 Å². The standard InChI is InChI=1S/C20H18N6O3S/c1-2-3-6-18-23-24-20(30-18)22-19(27)14(13-21)12-17-5-4-11-25(17)15-7-9-16(10-8-15)26(28)29/h4-5,7-12H,2-3,6H2,1H3,(H,22,24,27)/b14-12-. The molecule has 0 aliphatic rings. The number of anilines is 1. The van der Waals surface area contributed by atoms with Gasteiger partial charge in [-0.05, 0) is 36.8 Å². The number of aromatic nitrogens is 3. The third-order valence-electron chi connectivity index (χ3n) is 4.21. The minimum absolute atomic E-state index is 0.0181. The Morgan fingerprint density at radius 3 is 2.77 bits per heavy atom. The summed E-state index contributed by atoms with van der Waals surface area (Å²) in [5.74, 6) is -0.577. The second-order valence-corrected chi connectivity index (χ2v) is 7.37. The molecule has 0 atom stereocenters. The lowest BCUT2D eigenvalue weighted by Crippen LogP contribution is -2.13. The zero-order valence-electron chi connectivity index (χ0n) is 16.1. The predicted molar refractivity (Wildman–Crippen MR) is 113 cm³/mol. The highest BCUT2D eigenvalue weighted by Gasteiger charge is 2.14. The first-order valence-electron chi connectivity index (χ1n) is 9.19. The Balaban J connectivity index is 1.79. The number of hydrogen-bond donors (Lipinski definition) is 1. The number of unbranched alkanes of at least 4 members (excludes halogenated alkanes) is 1. The topological polar surface area (TPSA) is 127 Å². The first kappa shape index (κ1) is 20.9. The summed E-state index contributed by atoms with van der Waals surface area (Å²) in [7, 11) is 0. The Morgan fingerprint density at radius 1 is 1.33 bits per heavy atom. The van der Waals surface area contributed by atoms with Crippen LogP contribution in [0.4, 0.5) is 10.8 Å². The average Bonchev–Trinajstić information content (AvgIpc) is 3.39. The van der Waals surface area contributed by atoms with E-state index in [0.29, 0.717) is 16.5 Å². The number of nitro groups is 1. The molecule has 2 aromatic heterocycles. The number of nitrogens with one attached hydrogen (secondary N) is 1. The van der Waals surface area contributed by atoms with E-state index in [1.807, 2.05) is 6.07 Å². The highest BCUT2D eigenvalue weighted by molar-refractivity contribution is 7.15. The van der Waals surface area contributed by atoms with Crippen molar-refractivity contribution in [2.75, 3.05) is 5.32 Å². The van der Waals surface area contributed by atoms with Crippen molar-refractivity contribution in [2.45, 2.75) is 26.2 Å². The number of rotatable bonds is 8. The molecule has 0 radical (unpaired) electrons. The molecule has 0 fully saturated rings. The van der Waals surface area contributed by atoms with Crippen LogP contribution in [0.5, 0.6) is 0 Å². The number of non-ortho nitro benzene ring substituents is 1. The van der Waals surface area contributed by atoms with Crippen LogP contribution in [-0.2, 0) is 11.2 Å². The van der Waals surface area contributed by atoms with Gasteiger partial charge in [0, 0.05) is 36.1 Å². The van der Waals surface area contributed by atoms with E-state index in [0.717, 1.165) is 24.3 Å². The number of nitro benzene ring substituents is 1. The fraction of sp³-hybridized carbons (Fsp3) is 0.200. The van der Waals surface area contributed by atoms with E-state index in [9.17, 15) is 20.2 Å². The van der Waals surface area contributed by atoms with E-state index >= 15 is 0 Å². The van der Waals surface area contributed by atoms with Gasteiger partial charge in [0.2, 0.25) is 5.13 Å². The van der Waals surface area contributed by atoms with Gasteiger partial charge >= 0.3 is 0 Å². The third kappa shape index (κ3) is 4.95. The molecule has 1 N–H and O–H groups in total. The second-order valence-electron chi connectivity index (χ2n) is 6.31. The lowest BCUT2D eigenvalue weighted by Gasteiger charge is -2.07. The molecule has 2 heterocycles. The van der Waals surface area contributed by atoms with Gasteiger partial charge in [0.25, 0.3) is 11.6 Å². The minimum atomic E-state index is -0.577. The maximum Gasteiger partial charge on any atom is 0.269 e. The zero-order chi connectivity index (χ0) is 21.5. The highest BCUT2D eigenvalue weighted by Crippen LogP contribution is 2.21. The van der Waals surface area contributed by atoms with Crippen LogP contribution in [0, 0.1) is 21.4 Å². The van der Waals surface area contributed by atoms with Crippen molar-refractivity contribution in [3.8, 4) is 11.8 Å². The summed E-state index contributed by atoms with van der Waals surface area (Å²) in [6.45, 7) is 2.08. The van der Waals surface area contributed by atoms with Crippen LogP contribution < -0.4 is 5.32 Å². The van der Waals surface area contributed by atoms with Crippen LogP contribution in [0.2, 0.25) is 0 Å². The minimum Gasteiger partial charge on any atom is -0.317 e. The van der Waals surface area contributed by atoms with Crippen LogP contribution in [0.15, 0.2) is 48.2 Å². The predicted octanol–water partition coefficient (Wildman–Crippen LogP) is 4.13. The average molecular weight is 422 g/mol. The number of nitrogens with zero attached hydrogens (tertiary/aromatic N) is 5. The summed E-state index contributed by atoms with van der Waals surface area (Å²) in [5, 5.41) is 32.1. The molecule has 1 aromatic carbocycles. The number of aryl methyl sites for hydroxylation is 1. The fourth-order valence-electron chi connectivity index (χ4n) is 2.68. The molecule has 152 valence electrons. The van der Waals surface area contributed by atoms with E-state index in [1.165, 1.54) is 29.5 Å². The van der Waals surface area contributed by atoms with Crippen molar-refractivity contribution in [1.29, 1.82) is 5.26 Å². The van der Waals surface area contributed by atoms with Crippen molar-refractivity contribution in [3.05, 3.63) is 69.0 Å². The van der Waals surface area contributed by atoms with Crippen molar-refractivity contribution in [2.24, 2.45) is 0 Å². The molecule has 0 saturated heterocycles. The summed E-state index contributed by atoms with van der Waals surface area (Å²) in [6.07, 6.45) is 6.02. The number of benzene rings is 1. The fourth-order valence-corrected chi connectivity index (χ4v) is 3.45. The van der Waals surface area contributed by atoms with Crippen molar-refractivity contribution >= 4 is 34.1 Å². The summed E-state index contributed by atoms with van der Waals surface area (Å²) in [5.41, 5.74) is 1.13. The number of carbonyl (C=O) groups is 1. The van der Waals surface area contributed by atoms with Crippen LogP contribution in [0.1, 0.15) is 30.5 Å². The molecule has 0 aliphatic heterocycles. The molecule has 9 nitrogen and oxygen atoms in total. The molecule has 3 aromatic rings. The molecule has 30 heavy (non-hydrogen) atoms. The van der Waals surface area contributed by atoms with Gasteiger partial charge in [0.15, 0.2) is 0 Å². The van der Waals surface area contributed by atoms with Crippen LogP contribution in [0.25, 0.3) is 11.8 Å². The SMILES string of the molecule is CCCCc1nnc(NC(=O)/C(C#N)=C\c2cccn2-c2ccc([N+](=O)[O-])cc2)s1. The maximum absolute atomic E-state index is 12.5. The van der Waals surface area contributed by atoms with E-state index < -0.39 is 10.8 Å². The molecule has 0 unspecified atom stereocenters. The molecule has 0 spiro atoms. The van der Waals surface area contributed by atoms with E-state index in [-0.39, 0.29) is 11.3 Å². The van der Waals surface area contributed by atoms with Gasteiger partial charge in [-0.25, -0.2) is 0 Å². The van der Waals surface area contributed by atoms with E-state index in [2.05, 4.69) is 22.4 Å². The number of carbonyl (C=O) groups excluding carboxylic acids is 1. The smallest absolute Gasteiger partial charge is 0.269 e. The second kappa shape index (κ2) is 9.58. The molecule has 3 rings (SSSR count). The Morgan fingerprint density at radius 2 is 2.10 bits per heavy atom. The van der Waals surface area contributed by atoms with Gasteiger partial charge in [-0.3, -0.25) is 20.2 Å². The van der Waals surface area contributed by atoms with Gasteiger partial charge < -0.3 is 4.57 Å². The molecule has 10 heteroatoms. The summed E-state index contributed by atoms with van der Waals surface area (Å²) in [4.78, 5) is 22.9. The number of amides is 1. The summed E-state index contributed by atoms with van der Waals surface area (Å²) >= 11 is 1.29. The first-order chi connectivity index (χ1) is 14.5. The molecule has 1 amide bonds. The molecular formula is C20H18N6O3S. The van der Waals surface area contributed by atoms with Crippen molar-refractivity contribution in [1.82, 2.24) is 14.8 Å². The third-order valence-corrected chi connectivity index (χ3v) is 5.11. The molecular weight excluding hydrogens is 404 g/mol. The lowest BCUT2D eigenvalue weighted by molar-refractivity contribution is -0.384. The Hall–Kier alpha value is -3.84. The van der Waals surface area contributed by atoms with Gasteiger partial charge in [-0.1, -0.05) is 24.7 Å². The van der Waals surface area contributed by atoms with Crippen LogP contribution >= 0.6 is 11.3 Å². The van der Waals surface area contributed by atoms with Gasteiger partial charge in [0.1, 0.15) is 16.6 Å². The number of hydrogen-bond acceptors (Lipinski definition) is 7. The Bertz CT molecular complexity index is 1120. The van der Waals surface area contributed by atoms with Crippen LogP contribution in [0.3, 0.4) is 0 Å². The van der Waals surface area contributed by atoms with Gasteiger partial charge in [-0.15, -0.1) is 10.2 Å². The van der Waals surface area contributed by atoms with Crippen molar-refractivity contribution < 1.29 is 9.72 Å². The quantitative estimate of drug-likeness (QED) is 0.252. The molecule has 0 bridgehead atoms. The highest BCUT2D eigenvalue weighted by atomic mass is 32.1. The maximum atomic E-state index is 12.5. The molecule has 0 aliphatic carbocycles. The van der Waals surface area contributed by atoms with E-state index in [4.69, 9.17) is 0 Å². The van der Waals surface area contributed by atoms with Gasteiger partial charge in [0.05, 0.1) is 4.92 Å². The monoisotopic (exact) mass is 422 g/mol. The largest absolute Gasteiger partial charge is 0.317 e. The summed E-state index contributed by atoms with van der Waals surface area (Å²) in [6, 6.07) is 11.4. The Labute approximate surface area is 176 Å². The first-order valence-corrected chi connectivity index (χ1v) is 10.0. The molecule has 0 saturated carbocycles. The lowest BCUT2D eigenvalue weighted by atomic mass is 10.2. The van der Waals surface area contributed by atoms with Gasteiger partial charge in [-0.2, -0.15) is 5.26 Å².